The van der Waals surface area contributed by atoms with Gasteiger partial charge < -0.3 is 5.73 Å². The highest BCUT2D eigenvalue weighted by molar-refractivity contribution is 7.92. The van der Waals surface area contributed by atoms with Crippen LogP contribution in [0.4, 0.5) is 11.4 Å². The fourth-order valence-corrected chi connectivity index (χ4v) is 3.23. The average molecular weight is 294 g/mol. The van der Waals surface area contributed by atoms with Crippen LogP contribution < -0.4 is 10.5 Å². The lowest BCUT2D eigenvalue weighted by Gasteiger charge is -2.09. The maximum Gasteiger partial charge on any atom is 0.262 e. The molecule has 0 spiro atoms. The highest BCUT2D eigenvalue weighted by Gasteiger charge is 2.18. The van der Waals surface area contributed by atoms with Crippen LogP contribution in [0.5, 0.6) is 0 Å². The molecule has 0 aliphatic carbocycles. The van der Waals surface area contributed by atoms with E-state index in [9.17, 15) is 8.42 Å². The summed E-state index contributed by atoms with van der Waals surface area (Å²) in [6.45, 7) is 3.72. The second kappa shape index (κ2) is 5.16. The molecule has 0 atom stereocenters. The summed E-state index contributed by atoms with van der Waals surface area (Å²) in [6, 6.07) is 4.75. The third-order valence-corrected chi connectivity index (χ3v) is 4.21. The van der Waals surface area contributed by atoms with Crippen molar-refractivity contribution in [2.75, 3.05) is 10.5 Å². The molecule has 1 aromatic carbocycles. The number of nitrogen functional groups attached to an aromatic ring is 1. The fourth-order valence-electron chi connectivity index (χ4n) is 2.02. The van der Waals surface area contributed by atoms with E-state index in [4.69, 9.17) is 5.73 Å². The maximum absolute atomic E-state index is 12.4. The lowest BCUT2D eigenvalue weighted by atomic mass is 10.2. The number of aryl methyl sites for hydroxylation is 3. The fraction of sp³-hybridized carbons (Fsp3) is 0.308. The topological polar surface area (TPSA) is 90.0 Å². The van der Waals surface area contributed by atoms with Gasteiger partial charge in [-0.15, -0.1) is 0 Å². The summed E-state index contributed by atoms with van der Waals surface area (Å²) in [7, 11) is -1.91. The molecule has 0 bridgehead atoms. The quantitative estimate of drug-likeness (QED) is 0.839. The Morgan fingerprint density at radius 3 is 2.65 bits per heavy atom. The molecule has 2 aromatic rings. The van der Waals surface area contributed by atoms with Crippen LogP contribution in [0.1, 0.15) is 18.2 Å². The molecule has 7 heteroatoms. The van der Waals surface area contributed by atoms with Crippen molar-refractivity contribution >= 4 is 21.4 Å². The SMILES string of the molecule is CCc1nn(C)cc1NS(=O)(=O)c1cc(C)cc(N)c1. The summed E-state index contributed by atoms with van der Waals surface area (Å²) in [6.07, 6.45) is 2.30. The van der Waals surface area contributed by atoms with Crippen molar-refractivity contribution in [1.82, 2.24) is 9.78 Å². The first-order valence-electron chi connectivity index (χ1n) is 6.24. The second-order valence-corrected chi connectivity index (χ2v) is 6.38. The minimum atomic E-state index is -3.66. The Hall–Kier alpha value is -2.02. The molecule has 0 radical (unpaired) electrons. The van der Waals surface area contributed by atoms with Gasteiger partial charge in [-0.05, 0) is 37.1 Å². The molecule has 108 valence electrons. The molecule has 0 aliphatic rings. The van der Waals surface area contributed by atoms with Crippen molar-refractivity contribution in [3.05, 3.63) is 35.7 Å². The number of anilines is 2. The number of rotatable bonds is 4. The van der Waals surface area contributed by atoms with E-state index in [0.717, 1.165) is 5.56 Å². The van der Waals surface area contributed by atoms with Crippen molar-refractivity contribution in [2.45, 2.75) is 25.2 Å². The van der Waals surface area contributed by atoms with Gasteiger partial charge in [0.05, 0.1) is 16.3 Å². The molecule has 1 heterocycles. The van der Waals surface area contributed by atoms with Crippen LogP contribution in [0.3, 0.4) is 0 Å². The Kier molecular flexibility index (Phi) is 3.71. The summed E-state index contributed by atoms with van der Waals surface area (Å²) in [4.78, 5) is 0.154. The first kappa shape index (κ1) is 14.4. The van der Waals surface area contributed by atoms with Crippen molar-refractivity contribution in [1.29, 1.82) is 0 Å². The van der Waals surface area contributed by atoms with Crippen molar-refractivity contribution in [3.8, 4) is 0 Å². The van der Waals surface area contributed by atoms with E-state index in [-0.39, 0.29) is 4.90 Å². The van der Waals surface area contributed by atoms with Gasteiger partial charge in [-0.2, -0.15) is 5.10 Å². The number of hydrogen-bond donors (Lipinski definition) is 2. The minimum Gasteiger partial charge on any atom is -0.399 e. The Bertz CT molecular complexity index is 715. The Morgan fingerprint density at radius 2 is 2.05 bits per heavy atom. The Balaban J connectivity index is 2.40. The monoisotopic (exact) mass is 294 g/mol. The highest BCUT2D eigenvalue weighted by atomic mass is 32.2. The molecule has 2 rings (SSSR count). The molecule has 0 aliphatic heterocycles. The number of hydrogen-bond acceptors (Lipinski definition) is 4. The smallest absolute Gasteiger partial charge is 0.262 e. The van der Waals surface area contributed by atoms with E-state index in [1.54, 1.807) is 37.0 Å². The Labute approximate surface area is 118 Å². The zero-order chi connectivity index (χ0) is 14.9. The minimum absolute atomic E-state index is 0.154. The first-order chi connectivity index (χ1) is 9.31. The van der Waals surface area contributed by atoms with Gasteiger partial charge in [0, 0.05) is 18.9 Å². The molecule has 0 saturated carbocycles. The number of nitrogens with zero attached hydrogens (tertiary/aromatic N) is 2. The molecule has 6 nitrogen and oxygen atoms in total. The van der Waals surface area contributed by atoms with Gasteiger partial charge in [0.25, 0.3) is 10.0 Å². The van der Waals surface area contributed by atoms with Crippen LogP contribution >= 0.6 is 0 Å². The van der Waals surface area contributed by atoms with Gasteiger partial charge in [-0.3, -0.25) is 9.40 Å². The molecule has 0 fully saturated rings. The van der Waals surface area contributed by atoms with E-state index in [0.29, 0.717) is 23.5 Å². The average Bonchev–Trinajstić information content (AvgIpc) is 2.67. The summed E-state index contributed by atoms with van der Waals surface area (Å²) < 4.78 is 28.9. The standard InChI is InChI=1S/C13H18N4O2S/c1-4-12-13(8-17(3)15-12)16-20(18,19)11-6-9(2)5-10(14)7-11/h5-8,16H,4,14H2,1-3H3. The normalized spacial score (nSPS) is 11.6. The van der Waals surface area contributed by atoms with Crippen LogP contribution in [-0.4, -0.2) is 18.2 Å². The van der Waals surface area contributed by atoms with Crippen LogP contribution in [0.25, 0.3) is 0 Å². The molecule has 0 unspecified atom stereocenters. The molecular formula is C13H18N4O2S. The largest absolute Gasteiger partial charge is 0.399 e. The summed E-state index contributed by atoms with van der Waals surface area (Å²) in [5.74, 6) is 0. The van der Waals surface area contributed by atoms with Crippen LogP contribution in [0.2, 0.25) is 0 Å². The van der Waals surface area contributed by atoms with Crippen LogP contribution in [0, 0.1) is 6.92 Å². The van der Waals surface area contributed by atoms with Crippen molar-refractivity contribution < 1.29 is 8.42 Å². The van der Waals surface area contributed by atoms with Crippen molar-refractivity contribution in [2.24, 2.45) is 7.05 Å². The predicted octanol–water partition coefficient (Wildman–Crippen LogP) is 1.67. The lowest BCUT2D eigenvalue weighted by Crippen LogP contribution is -2.14. The molecule has 0 saturated heterocycles. The third-order valence-electron chi connectivity index (χ3n) is 2.87. The number of sulfonamides is 1. The number of benzene rings is 1. The van der Waals surface area contributed by atoms with E-state index < -0.39 is 10.0 Å². The number of nitrogens with one attached hydrogen (secondary N) is 1. The molecule has 20 heavy (non-hydrogen) atoms. The van der Waals surface area contributed by atoms with Gasteiger partial charge in [-0.1, -0.05) is 6.92 Å². The summed E-state index contributed by atoms with van der Waals surface area (Å²) in [5, 5.41) is 4.21. The first-order valence-corrected chi connectivity index (χ1v) is 7.72. The summed E-state index contributed by atoms with van der Waals surface area (Å²) >= 11 is 0. The molecule has 1 aromatic heterocycles. The van der Waals surface area contributed by atoms with Crippen LogP contribution in [0.15, 0.2) is 29.3 Å². The van der Waals surface area contributed by atoms with Gasteiger partial charge >= 0.3 is 0 Å². The number of aromatic nitrogens is 2. The number of nitrogens with two attached hydrogens (primary N) is 1. The maximum atomic E-state index is 12.4. The lowest BCUT2D eigenvalue weighted by molar-refractivity contribution is 0.601. The van der Waals surface area contributed by atoms with E-state index >= 15 is 0 Å². The van der Waals surface area contributed by atoms with Gasteiger partial charge in [0.15, 0.2) is 0 Å². The zero-order valence-electron chi connectivity index (χ0n) is 11.7. The summed E-state index contributed by atoms with van der Waals surface area (Å²) in [5.41, 5.74) is 8.12. The molecule has 0 amide bonds. The van der Waals surface area contributed by atoms with E-state index in [2.05, 4.69) is 9.82 Å². The molecular weight excluding hydrogens is 276 g/mol. The van der Waals surface area contributed by atoms with Gasteiger partial charge in [0.2, 0.25) is 0 Å². The molecule has 3 N–H and O–H groups in total. The second-order valence-electron chi connectivity index (χ2n) is 4.70. The van der Waals surface area contributed by atoms with Gasteiger partial charge in [0.1, 0.15) is 0 Å². The Morgan fingerprint density at radius 1 is 1.35 bits per heavy atom. The third kappa shape index (κ3) is 2.93. The highest BCUT2D eigenvalue weighted by Crippen LogP contribution is 2.22. The van der Waals surface area contributed by atoms with Crippen molar-refractivity contribution in [3.63, 3.8) is 0 Å². The van der Waals surface area contributed by atoms with E-state index in [1.165, 1.54) is 6.07 Å². The predicted molar refractivity (Wildman–Crippen MR) is 79.0 cm³/mol. The zero-order valence-corrected chi connectivity index (χ0v) is 12.5. The van der Waals surface area contributed by atoms with Crippen LogP contribution in [-0.2, 0) is 23.5 Å². The van der Waals surface area contributed by atoms with E-state index in [1.807, 2.05) is 6.92 Å². The van der Waals surface area contributed by atoms with Gasteiger partial charge in [-0.25, -0.2) is 8.42 Å².